The van der Waals surface area contributed by atoms with Gasteiger partial charge in [-0.25, -0.2) is 8.42 Å². The molecule has 8 heteroatoms. The van der Waals surface area contributed by atoms with Crippen molar-refractivity contribution in [3.05, 3.63) is 58.6 Å². The van der Waals surface area contributed by atoms with Gasteiger partial charge in [0.25, 0.3) is 5.91 Å². The minimum atomic E-state index is -3.55. The van der Waals surface area contributed by atoms with Crippen LogP contribution in [0.15, 0.2) is 42.5 Å². The van der Waals surface area contributed by atoms with Gasteiger partial charge in [0.15, 0.2) is 0 Å². The third kappa shape index (κ3) is 4.71. The number of carbonyl (C=O) groups excluding carboxylic acids is 1. The number of halogens is 1. The normalized spacial score (nSPS) is 10.7. The summed E-state index contributed by atoms with van der Waals surface area (Å²) in [7, 11) is -3.55. The summed E-state index contributed by atoms with van der Waals surface area (Å²) in [5.41, 5.74) is 0.999. The lowest BCUT2D eigenvalue weighted by molar-refractivity contribution is 0.102. The van der Waals surface area contributed by atoms with Crippen molar-refractivity contribution in [1.82, 2.24) is 0 Å². The van der Waals surface area contributed by atoms with Crippen LogP contribution in [-0.2, 0) is 10.0 Å². The van der Waals surface area contributed by atoms with Gasteiger partial charge in [-0.2, -0.15) is 5.26 Å². The molecule has 0 aromatic heterocycles. The Hall–Kier alpha value is -2.56. The van der Waals surface area contributed by atoms with E-state index in [4.69, 9.17) is 16.9 Å². The van der Waals surface area contributed by atoms with E-state index in [0.717, 1.165) is 6.26 Å². The van der Waals surface area contributed by atoms with Gasteiger partial charge >= 0.3 is 0 Å². The molecule has 0 bridgehead atoms. The number of hydrogen-bond acceptors (Lipinski definition) is 4. The molecule has 2 aromatic carbocycles. The minimum absolute atomic E-state index is 0.0743. The van der Waals surface area contributed by atoms with Crippen molar-refractivity contribution in [2.45, 2.75) is 0 Å². The molecule has 0 aliphatic carbocycles. The van der Waals surface area contributed by atoms with Crippen LogP contribution in [0.3, 0.4) is 0 Å². The minimum Gasteiger partial charge on any atom is -0.322 e. The predicted octanol–water partition coefficient (Wildman–Crippen LogP) is 2.84. The molecule has 23 heavy (non-hydrogen) atoms. The average molecular weight is 350 g/mol. The van der Waals surface area contributed by atoms with E-state index < -0.39 is 15.9 Å². The van der Waals surface area contributed by atoms with Gasteiger partial charge in [-0.05, 0) is 36.4 Å². The Morgan fingerprint density at radius 3 is 2.61 bits per heavy atom. The summed E-state index contributed by atoms with van der Waals surface area (Å²) in [5.74, 6) is -0.547. The van der Waals surface area contributed by atoms with Crippen LogP contribution in [-0.4, -0.2) is 20.6 Å². The van der Waals surface area contributed by atoms with Crippen LogP contribution in [0.4, 0.5) is 11.4 Å². The Kier molecular flexibility index (Phi) is 4.89. The summed E-state index contributed by atoms with van der Waals surface area (Å²) in [6.45, 7) is 0. The number of hydrogen-bond donors (Lipinski definition) is 2. The monoisotopic (exact) mass is 349 g/mol. The van der Waals surface area contributed by atoms with Gasteiger partial charge in [-0.1, -0.05) is 17.7 Å². The lowest BCUT2D eigenvalue weighted by atomic mass is 10.1. The molecule has 0 radical (unpaired) electrons. The van der Waals surface area contributed by atoms with Crippen LogP contribution in [0.2, 0.25) is 5.02 Å². The lowest BCUT2D eigenvalue weighted by Gasteiger charge is -2.11. The van der Waals surface area contributed by atoms with E-state index in [0.29, 0.717) is 16.3 Å². The molecule has 0 spiro atoms. The molecule has 0 saturated carbocycles. The third-order valence-corrected chi connectivity index (χ3v) is 3.60. The fourth-order valence-electron chi connectivity index (χ4n) is 1.86. The van der Waals surface area contributed by atoms with Crippen LogP contribution in [0, 0.1) is 11.3 Å². The molecule has 0 saturated heterocycles. The van der Waals surface area contributed by atoms with E-state index >= 15 is 0 Å². The van der Waals surface area contributed by atoms with Gasteiger partial charge in [0.2, 0.25) is 10.0 Å². The molecule has 2 rings (SSSR count). The number of sulfonamides is 1. The zero-order valence-electron chi connectivity index (χ0n) is 12.0. The summed E-state index contributed by atoms with van der Waals surface area (Å²) in [6.07, 6.45) is 0.986. The van der Waals surface area contributed by atoms with E-state index in [9.17, 15) is 13.2 Å². The highest BCUT2D eigenvalue weighted by molar-refractivity contribution is 7.92. The molecule has 2 aromatic rings. The fourth-order valence-corrected chi connectivity index (χ4v) is 2.61. The van der Waals surface area contributed by atoms with Crippen molar-refractivity contribution in [1.29, 1.82) is 5.26 Å². The van der Waals surface area contributed by atoms with Crippen LogP contribution >= 0.6 is 11.6 Å². The average Bonchev–Trinajstić information content (AvgIpc) is 2.48. The molecular weight excluding hydrogens is 338 g/mol. The highest BCUT2D eigenvalue weighted by Crippen LogP contribution is 2.23. The number of benzene rings is 2. The molecule has 1 amide bonds. The van der Waals surface area contributed by atoms with Gasteiger partial charge in [0, 0.05) is 10.7 Å². The zero-order chi connectivity index (χ0) is 17.0. The van der Waals surface area contributed by atoms with E-state index in [-0.39, 0.29) is 11.3 Å². The molecule has 0 atom stereocenters. The van der Waals surface area contributed by atoms with Crippen LogP contribution in [0.25, 0.3) is 0 Å². The van der Waals surface area contributed by atoms with Crippen LogP contribution in [0.1, 0.15) is 15.9 Å². The number of nitrogens with one attached hydrogen (secondary N) is 2. The maximum absolute atomic E-state index is 12.4. The summed E-state index contributed by atoms with van der Waals surface area (Å²) in [4.78, 5) is 12.4. The first kappa shape index (κ1) is 16.8. The summed E-state index contributed by atoms with van der Waals surface area (Å²) in [5, 5.41) is 11.8. The van der Waals surface area contributed by atoms with Gasteiger partial charge in [-0.3, -0.25) is 9.52 Å². The Labute approximate surface area is 138 Å². The highest BCUT2D eigenvalue weighted by atomic mass is 35.5. The molecule has 0 aliphatic heterocycles. The molecule has 118 valence electrons. The highest BCUT2D eigenvalue weighted by Gasteiger charge is 2.15. The Morgan fingerprint density at radius 1 is 1.22 bits per heavy atom. The quantitative estimate of drug-likeness (QED) is 0.886. The van der Waals surface area contributed by atoms with E-state index in [1.165, 1.54) is 24.3 Å². The smallest absolute Gasteiger partial charge is 0.257 e. The van der Waals surface area contributed by atoms with Crippen molar-refractivity contribution in [3.63, 3.8) is 0 Å². The van der Waals surface area contributed by atoms with E-state index in [1.54, 1.807) is 18.2 Å². The number of nitriles is 1. The number of carbonyl (C=O) groups is 1. The van der Waals surface area contributed by atoms with Gasteiger partial charge in [0.05, 0.1) is 29.1 Å². The summed E-state index contributed by atoms with van der Waals surface area (Å²) in [6, 6.07) is 12.6. The van der Waals surface area contributed by atoms with Gasteiger partial charge in [-0.15, -0.1) is 0 Å². The van der Waals surface area contributed by atoms with Crippen molar-refractivity contribution in [2.75, 3.05) is 16.3 Å². The first-order valence-electron chi connectivity index (χ1n) is 6.37. The first-order valence-corrected chi connectivity index (χ1v) is 8.64. The molecule has 0 fully saturated rings. The Balaban J connectivity index is 2.34. The summed E-state index contributed by atoms with van der Waals surface area (Å²) >= 11 is 5.88. The molecule has 2 N–H and O–H groups in total. The van der Waals surface area contributed by atoms with Gasteiger partial charge < -0.3 is 5.32 Å². The van der Waals surface area contributed by atoms with Crippen LogP contribution in [0.5, 0.6) is 0 Å². The van der Waals surface area contributed by atoms with E-state index in [2.05, 4.69) is 10.0 Å². The third-order valence-electron chi connectivity index (χ3n) is 2.77. The van der Waals surface area contributed by atoms with E-state index in [1.807, 2.05) is 6.07 Å². The second-order valence-electron chi connectivity index (χ2n) is 4.71. The molecule has 0 aliphatic rings. The number of anilines is 2. The Bertz CT molecular complexity index is 904. The number of amides is 1. The first-order chi connectivity index (χ1) is 10.8. The molecule has 0 heterocycles. The molecular formula is C15H12ClN3O3S. The van der Waals surface area contributed by atoms with Gasteiger partial charge in [0.1, 0.15) is 0 Å². The zero-order valence-corrected chi connectivity index (χ0v) is 13.6. The standard InChI is InChI=1S/C15H12ClN3O3S/c1-23(21,22)19-14-6-5-11(16)8-13(14)15(20)18-12-4-2-3-10(7-12)9-17/h2-8,19H,1H3,(H,18,20). The summed E-state index contributed by atoms with van der Waals surface area (Å²) < 4.78 is 25.0. The second-order valence-corrected chi connectivity index (χ2v) is 6.90. The maximum atomic E-state index is 12.4. The maximum Gasteiger partial charge on any atom is 0.257 e. The van der Waals surface area contributed by atoms with Crippen molar-refractivity contribution >= 4 is 38.9 Å². The largest absolute Gasteiger partial charge is 0.322 e. The SMILES string of the molecule is CS(=O)(=O)Nc1ccc(Cl)cc1C(=O)Nc1cccc(C#N)c1. The van der Waals surface area contributed by atoms with Crippen molar-refractivity contribution in [2.24, 2.45) is 0 Å². The predicted molar refractivity (Wildman–Crippen MR) is 89.0 cm³/mol. The number of nitrogens with zero attached hydrogens (tertiary/aromatic N) is 1. The van der Waals surface area contributed by atoms with Crippen molar-refractivity contribution < 1.29 is 13.2 Å². The molecule has 0 unspecified atom stereocenters. The second kappa shape index (κ2) is 6.69. The topological polar surface area (TPSA) is 99.1 Å². The number of rotatable bonds is 4. The fraction of sp³-hybridized carbons (Fsp3) is 0.0667. The lowest BCUT2D eigenvalue weighted by Crippen LogP contribution is -2.17. The molecule has 6 nitrogen and oxygen atoms in total. The van der Waals surface area contributed by atoms with Crippen LogP contribution < -0.4 is 10.0 Å². The Morgan fingerprint density at radius 2 is 1.96 bits per heavy atom. The van der Waals surface area contributed by atoms with Crippen molar-refractivity contribution in [3.8, 4) is 6.07 Å².